The predicted molar refractivity (Wildman–Crippen MR) is 114 cm³/mol. The zero-order chi connectivity index (χ0) is 20.5. The van der Waals surface area contributed by atoms with Crippen LogP contribution in [0.1, 0.15) is 32.3 Å². The Bertz CT molecular complexity index is 779. The highest BCUT2D eigenvalue weighted by molar-refractivity contribution is 5.79. The van der Waals surface area contributed by atoms with Gasteiger partial charge >= 0.3 is 0 Å². The molecule has 2 heterocycles. The van der Waals surface area contributed by atoms with Crippen LogP contribution in [-0.4, -0.2) is 48.1 Å². The van der Waals surface area contributed by atoms with Gasteiger partial charge in [-0.25, -0.2) is 14.4 Å². The highest BCUT2D eigenvalue weighted by atomic mass is 19.1. The summed E-state index contributed by atoms with van der Waals surface area (Å²) in [7, 11) is 0. The number of halogens is 1. The number of nitrogens with one attached hydrogen (secondary N) is 2. The van der Waals surface area contributed by atoms with Crippen LogP contribution in [0.4, 0.5) is 4.39 Å². The summed E-state index contributed by atoms with van der Waals surface area (Å²) in [4.78, 5) is 11.5. The van der Waals surface area contributed by atoms with Gasteiger partial charge in [-0.1, -0.05) is 13.0 Å². The molecule has 6 nitrogen and oxygen atoms in total. The third kappa shape index (κ3) is 6.42. The van der Waals surface area contributed by atoms with Crippen LogP contribution in [0.5, 0.6) is 11.6 Å². The van der Waals surface area contributed by atoms with Crippen molar-refractivity contribution < 1.29 is 9.13 Å². The van der Waals surface area contributed by atoms with Gasteiger partial charge in [0.2, 0.25) is 5.88 Å². The lowest BCUT2D eigenvalue weighted by Gasteiger charge is -2.24. The summed E-state index contributed by atoms with van der Waals surface area (Å²) >= 11 is 0. The molecule has 2 N–H and O–H groups in total. The number of nitrogens with zero attached hydrogens (tertiary/aromatic N) is 3. The quantitative estimate of drug-likeness (QED) is 0.525. The molecular formula is C22H30FN5O. The molecule has 0 bridgehead atoms. The maximum Gasteiger partial charge on any atom is 0.219 e. The summed E-state index contributed by atoms with van der Waals surface area (Å²) in [5.74, 6) is 1.55. The van der Waals surface area contributed by atoms with Gasteiger partial charge in [0.05, 0.1) is 6.54 Å². The van der Waals surface area contributed by atoms with Gasteiger partial charge in [-0.3, -0.25) is 4.90 Å². The molecular weight excluding hydrogens is 369 g/mol. The largest absolute Gasteiger partial charge is 0.439 e. The minimum absolute atomic E-state index is 0.293. The third-order valence-corrected chi connectivity index (χ3v) is 5.01. The Labute approximate surface area is 172 Å². The first-order valence-corrected chi connectivity index (χ1v) is 10.3. The van der Waals surface area contributed by atoms with E-state index in [2.05, 4.69) is 39.4 Å². The van der Waals surface area contributed by atoms with Crippen molar-refractivity contribution in [2.24, 2.45) is 4.99 Å². The van der Waals surface area contributed by atoms with E-state index in [9.17, 15) is 4.39 Å². The van der Waals surface area contributed by atoms with Crippen LogP contribution in [0, 0.1) is 5.82 Å². The molecule has 2 aromatic rings. The topological polar surface area (TPSA) is 61.8 Å². The fourth-order valence-corrected chi connectivity index (χ4v) is 3.46. The summed E-state index contributed by atoms with van der Waals surface area (Å²) in [6.07, 6.45) is 4.26. The summed E-state index contributed by atoms with van der Waals surface area (Å²) in [5.41, 5.74) is 0.990. The lowest BCUT2D eigenvalue weighted by atomic mass is 10.2. The van der Waals surface area contributed by atoms with Crippen molar-refractivity contribution in [2.45, 2.75) is 39.3 Å². The number of benzene rings is 1. The minimum atomic E-state index is -0.293. The van der Waals surface area contributed by atoms with Crippen molar-refractivity contribution >= 4 is 5.96 Å². The van der Waals surface area contributed by atoms with E-state index in [1.807, 2.05) is 6.07 Å². The van der Waals surface area contributed by atoms with E-state index in [1.165, 1.54) is 31.5 Å². The Morgan fingerprint density at radius 2 is 2.03 bits per heavy atom. The Balaban J connectivity index is 1.53. The minimum Gasteiger partial charge on any atom is -0.439 e. The maximum atomic E-state index is 13.0. The molecule has 156 valence electrons. The molecule has 1 saturated heterocycles. The van der Waals surface area contributed by atoms with Crippen LogP contribution in [-0.2, 0) is 6.54 Å². The lowest BCUT2D eigenvalue weighted by molar-refractivity contribution is 0.267. The number of hydrogen-bond acceptors (Lipinski definition) is 4. The van der Waals surface area contributed by atoms with Crippen LogP contribution in [0.2, 0.25) is 0 Å². The van der Waals surface area contributed by atoms with Gasteiger partial charge in [-0.15, -0.1) is 0 Å². The number of ether oxygens (including phenoxy) is 1. The van der Waals surface area contributed by atoms with Crippen LogP contribution >= 0.6 is 0 Å². The van der Waals surface area contributed by atoms with Gasteiger partial charge in [0, 0.05) is 31.4 Å². The van der Waals surface area contributed by atoms with Crippen molar-refractivity contribution in [2.75, 3.05) is 26.2 Å². The average molecular weight is 400 g/mol. The zero-order valence-corrected chi connectivity index (χ0v) is 17.2. The van der Waals surface area contributed by atoms with E-state index < -0.39 is 0 Å². The van der Waals surface area contributed by atoms with Crippen molar-refractivity contribution in [3.05, 3.63) is 54.0 Å². The van der Waals surface area contributed by atoms with Crippen molar-refractivity contribution in [3.8, 4) is 11.6 Å². The molecule has 3 rings (SSSR count). The molecule has 1 aromatic heterocycles. The lowest BCUT2D eigenvalue weighted by Crippen LogP contribution is -2.44. The van der Waals surface area contributed by atoms with E-state index in [0.29, 0.717) is 24.2 Å². The van der Waals surface area contributed by atoms with E-state index in [-0.39, 0.29) is 5.82 Å². The van der Waals surface area contributed by atoms with Gasteiger partial charge in [0.25, 0.3) is 0 Å². The zero-order valence-electron chi connectivity index (χ0n) is 17.2. The van der Waals surface area contributed by atoms with E-state index in [4.69, 9.17) is 4.74 Å². The van der Waals surface area contributed by atoms with Gasteiger partial charge < -0.3 is 15.4 Å². The number of pyridine rings is 1. The molecule has 0 amide bonds. The number of aliphatic imine (C=N–C) groups is 1. The molecule has 0 spiro atoms. The smallest absolute Gasteiger partial charge is 0.219 e. The first-order chi connectivity index (χ1) is 14.2. The van der Waals surface area contributed by atoms with E-state index >= 15 is 0 Å². The van der Waals surface area contributed by atoms with Crippen LogP contribution < -0.4 is 15.4 Å². The van der Waals surface area contributed by atoms with Gasteiger partial charge in [-0.05, 0) is 62.7 Å². The number of aromatic nitrogens is 1. The van der Waals surface area contributed by atoms with Crippen molar-refractivity contribution in [3.63, 3.8) is 0 Å². The van der Waals surface area contributed by atoms with E-state index in [1.54, 1.807) is 24.4 Å². The van der Waals surface area contributed by atoms with Gasteiger partial charge in [0.1, 0.15) is 11.6 Å². The summed E-state index contributed by atoms with van der Waals surface area (Å²) in [6, 6.07) is 10.2. The fourth-order valence-electron chi connectivity index (χ4n) is 3.46. The van der Waals surface area contributed by atoms with Crippen LogP contribution in [0.3, 0.4) is 0 Å². The molecule has 1 fully saturated rings. The van der Waals surface area contributed by atoms with Crippen molar-refractivity contribution in [1.29, 1.82) is 0 Å². The number of hydrogen-bond donors (Lipinski definition) is 2. The SMILES string of the molecule is CCNC(=NCc1ccc(Oc2ccc(F)cc2)nc1)NCC1CCCN1CC. The van der Waals surface area contributed by atoms with Crippen molar-refractivity contribution in [1.82, 2.24) is 20.5 Å². The second-order valence-corrected chi connectivity index (χ2v) is 7.06. The summed E-state index contributed by atoms with van der Waals surface area (Å²) < 4.78 is 18.6. The normalized spacial score (nSPS) is 17.3. The second kappa shape index (κ2) is 10.8. The van der Waals surface area contributed by atoms with Crippen LogP contribution in [0.15, 0.2) is 47.6 Å². The Morgan fingerprint density at radius 1 is 1.21 bits per heavy atom. The molecule has 29 heavy (non-hydrogen) atoms. The molecule has 0 aliphatic carbocycles. The molecule has 7 heteroatoms. The number of likely N-dealkylation sites (N-methyl/N-ethyl adjacent to an activating group) is 1. The first kappa shape index (κ1) is 21.0. The summed E-state index contributed by atoms with van der Waals surface area (Å²) in [6.45, 7) is 8.81. The summed E-state index contributed by atoms with van der Waals surface area (Å²) in [5, 5.41) is 6.77. The molecule has 0 radical (unpaired) electrons. The fraction of sp³-hybridized carbons (Fsp3) is 0.455. The predicted octanol–water partition coefficient (Wildman–Crippen LogP) is 3.55. The molecule has 1 aromatic carbocycles. The molecule has 1 aliphatic rings. The number of guanidine groups is 1. The number of likely N-dealkylation sites (tertiary alicyclic amines) is 1. The highest BCUT2D eigenvalue weighted by Gasteiger charge is 2.22. The Hall–Kier alpha value is -2.67. The Kier molecular flexibility index (Phi) is 7.81. The maximum absolute atomic E-state index is 13.0. The monoisotopic (exact) mass is 399 g/mol. The molecule has 1 atom stereocenters. The number of rotatable bonds is 8. The third-order valence-electron chi connectivity index (χ3n) is 5.01. The van der Waals surface area contributed by atoms with E-state index in [0.717, 1.165) is 31.2 Å². The second-order valence-electron chi connectivity index (χ2n) is 7.06. The van der Waals surface area contributed by atoms with Crippen LogP contribution in [0.25, 0.3) is 0 Å². The molecule has 0 saturated carbocycles. The molecule has 1 unspecified atom stereocenters. The van der Waals surface area contributed by atoms with Gasteiger partial charge in [-0.2, -0.15) is 0 Å². The Morgan fingerprint density at radius 3 is 2.72 bits per heavy atom. The standard InChI is InChI=1S/C22H30FN5O/c1-3-24-22(27-16-19-6-5-13-28(19)4-2)26-15-17-7-12-21(25-14-17)29-20-10-8-18(23)9-11-20/h7-12,14,19H,3-6,13,15-16H2,1-2H3,(H2,24,26,27). The highest BCUT2D eigenvalue weighted by Crippen LogP contribution is 2.19. The first-order valence-electron chi connectivity index (χ1n) is 10.3. The molecule has 1 aliphatic heterocycles. The average Bonchev–Trinajstić information content (AvgIpc) is 3.20. The van der Waals surface area contributed by atoms with Gasteiger partial charge in [0.15, 0.2) is 5.96 Å².